The van der Waals surface area contributed by atoms with E-state index in [0.717, 1.165) is 28.8 Å². The van der Waals surface area contributed by atoms with Gasteiger partial charge in [-0.3, -0.25) is 9.59 Å². The third-order valence-electron chi connectivity index (χ3n) is 4.79. The van der Waals surface area contributed by atoms with E-state index in [1.807, 2.05) is 13.0 Å². The number of fused-ring (bicyclic) bond motifs is 1. The van der Waals surface area contributed by atoms with Gasteiger partial charge >= 0.3 is 0 Å². The lowest BCUT2D eigenvalue weighted by Crippen LogP contribution is -2.28. The first-order chi connectivity index (χ1) is 13.0. The maximum Gasteiger partial charge on any atom is 0.269 e. The second-order valence-corrected chi connectivity index (χ2v) is 8.05. The van der Waals surface area contributed by atoms with Gasteiger partial charge in [-0.1, -0.05) is 6.07 Å². The zero-order chi connectivity index (χ0) is 19.1. The van der Waals surface area contributed by atoms with E-state index < -0.39 is 0 Å². The van der Waals surface area contributed by atoms with Crippen molar-refractivity contribution in [1.82, 2.24) is 14.7 Å². The molecule has 2 aromatic heterocycles. The molecule has 1 aliphatic rings. The molecule has 1 aromatic carbocycles. The van der Waals surface area contributed by atoms with Crippen LogP contribution in [0.15, 0.2) is 29.1 Å². The van der Waals surface area contributed by atoms with Gasteiger partial charge < -0.3 is 5.32 Å². The van der Waals surface area contributed by atoms with Crippen molar-refractivity contribution >= 4 is 22.2 Å². The number of carbonyl (C=O) groups is 1. The average Bonchev–Trinajstić information content (AvgIpc) is 3.37. The molecule has 5 nitrogen and oxygen atoms in total. The Morgan fingerprint density at radius 2 is 2.15 bits per heavy atom. The molecular weight excluding hydrogens is 365 g/mol. The summed E-state index contributed by atoms with van der Waals surface area (Å²) < 4.78 is 15.1. The summed E-state index contributed by atoms with van der Waals surface area (Å²) in [5.41, 5.74) is 2.67. The number of aryl methyl sites for hydroxylation is 1. The zero-order valence-electron chi connectivity index (χ0n) is 15.2. The van der Waals surface area contributed by atoms with Crippen LogP contribution in [-0.2, 0) is 6.42 Å². The van der Waals surface area contributed by atoms with Gasteiger partial charge in [0.2, 0.25) is 0 Å². The molecule has 0 unspecified atom stereocenters. The van der Waals surface area contributed by atoms with E-state index in [0.29, 0.717) is 35.2 Å². The van der Waals surface area contributed by atoms with Gasteiger partial charge in [0.25, 0.3) is 11.5 Å². The van der Waals surface area contributed by atoms with Crippen LogP contribution >= 0.6 is 11.3 Å². The van der Waals surface area contributed by atoms with Crippen molar-refractivity contribution in [3.05, 3.63) is 67.8 Å². The van der Waals surface area contributed by atoms with Gasteiger partial charge in [-0.2, -0.15) is 0 Å². The molecule has 3 aromatic rings. The van der Waals surface area contributed by atoms with Crippen molar-refractivity contribution in [3.8, 4) is 0 Å². The molecule has 27 heavy (non-hydrogen) atoms. The van der Waals surface area contributed by atoms with Crippen LogP contribution in [-0.4, -0.2) is 21.8 Å². The Morgan fingerprint density at radius 1 is 1.37 bits per heavy atom. The Bertz CT molecular complexity index is 1100. The third kappa shape index (κ3) is 3.39. The predicted molar refractivity (Wildman–Crippen MR) is 103 cm³/mol. The zero-order valence-corrected chi connectivity index (χ0v) is 16.0. The minimum atomic E-state index is -0.287. The summed E-state index contributed by atoms with van der Waals surface area (Å²) >= 11 is 1.31. The van der Waals surface area contributed by atoms with E-state index in [1.165, 1.54) is 33.9 Å². The monoisotopic (exact) mass is 385 g/mol. The van der Waals surface area contributed by atoms with Crippen molar-refractivity contribution in [3.63, 3.8) is 0 Å². The fourth-order valence-electron chi connectivity index (χ4n) is 3.43. The molecule has 2 heterocycles. The number of carbonyl (C=O) groups excluding carboxylic acids is 1. The number of aromatic nitrogens is 2. The Labute approximate surface area is 159 Å². The molecule has 1 aliphatic carbocycles. The lowest BCUT2D eigenvalue weighted by Gasteiger charge is -2.09. The van der Waals surface area contributed by atoms with Crippen molar-refractivity contribution in [1.29, 1.82) is 0 Å². The average molecular weight is 385 g/mol. The number of nitrogens with zero attached hydrogens (tertiary/aromatic N) is 2. The summed E-state index contributed by atoms with van der Waals surface area (Å²) in [4.78, 5) is 30.8. The highest BCUT2D eigenvalue weighted by molar-refractivity contribution is 7.17. The molecule has 1 amide bonds. The number of amides is 1. The number of nitrogens with one attached hydrogen (secondary N) is 1. The maximum atomic E-state index is 13.8. The fourth-order valence-corrected chi connectivity index (χ4v) is 4.42. The summed E-state index contributed by atoms with van der Waals surface area (Å²) in [6.45, 7) is 4.12. The summed E-state index contributed by atoms with van der Waals surface area (Å²) in [7, 11) is 0. The molecule has 140 valence electrons. The van der Waals surface area contributed by atoms with E-state index in [1.54, 1.807) is 6.92 Å². The Hall–Kier alpha value is -2.54. The molecule has 0 radical (unpaired) electrons. The Balaban J connectivity index is 1.76. The highest BCUT2D eigenvalue weighted by Crippen LogP contribution is 2.42. The molecule has 1 saturated carbocycles. The molecule has 7 heteroatoms. The van der Waals surface area contributed by atoms with Crippen LogP contribution in [0, 0.1) is 12.7 Å². The number of benzene rings is 1. The molecule has 1 N–H and O–H groups in total. The molecule has 0 atom stereocenters. The van der Waals surface area contributed by atoms with Crippen molar-refractivity contribution in [2.75, 3.05) is 6.54 Å². The van der Waals surface area contributed by atoms with E-state index in [2.05, 4.69) is 10.3 Å². The maximum absolute atomic E-state index is 13.8. The van der Waals surface area contributed by atoms with E-state index in [9.17, 15) is 14.0 Å². The first-order valence-corrected chi connectivity index (χ1v) is 9.88. The number of hydrogen-bond donors (Lipinski definition) is 1. The summed E-state index contributed by atoms with van der Waals surface area (Å²) in [5, 5.41) is 2.73. The summed E-state index contributed by atoms with van der Waals surface area (Å²) in [6.07, 6.45) is 2.64. The Morgan fingerprint density at radius 3 is 2.85 bits per heavy atom. The number of thiazole rings is 1. The highest BCUT2D eigenvalue weighted by Gasteiger charge is 2.26. The van der Waals surface area contributed by atoms with Gasteiger partial charge in [-0.05, 0) is 55.9 Å². The van der Waals surface area contributed by atoms with Gasteiger partial charge in [0, 0.05) is 23.9 Å². The number of halogens is 1. The van der Waals surface area contributed by atoms with Crippen LogP contribution in [0.1, 0.15) is 57.9 Å². The minimum Gasteiger partial charge on any atom is -0.351 e. The van der Waals surface area contributed by atoms with Gasteiger partial charge in [-0.15, -0.1) is 11.3 Å². The quantitative estimate of drug-likeness (QED) is 0.732. The first-order valence-electron chi connectivity index (χ1n) is 9.06. The highest BCUT2D eigenvalue weighted by atomic mass is 32.1. The molecule has 0 aliphatic heterocycles. The summed E-state index contributed by atoms with van der Waals surface area (Å²) in [5.74, 6) is -0.0736. The second-order valence-electron chi connectivity index (χ2n) is 6.86. The third-order valence-corrected chi connectivity index (χ3v) is 5.74. The van der Waals surface area contributed by atoms with Crippen molar-refractivity contribution in [2.24, 2.45) is 0 Å². The molecular formula is C20H20FN3O2S. The summed E-state index contributed by atoms with van der Waals surface area (Å²) in [6, 6.07) is 6.32. The smallest absolute Gasteiger partial charge is 0.269 e. The van der Waals surface area contributed by atoms with Gasteiger partial charge in [0.05, 0.1) is 5.69 Å². The Kier molecular flexibility index (Phi) is 4.55. The number of hydrogen-bond acceptors (Lipinski definition) is 4. The van der Waals surface area contributed by atoms with Crippen LogP contribution in [0.4, 0.5) is 4.39 Å². The van der Waals surface area contributed by atoms with Gasteiger partial charge in [0.1, 0.15) is 11.5 Å². The lowest BCUT2D eigenvalue weighted by molar-refractivity contribution is 0.0949. The van der Waals surface area contributed by atoms with Crippen molar-refractivity contribution in [2.45, 2.75) is 39.0 Å². The van der Waals surface area contributed by atoms with Gasteiger partial charge in [-0.25, -0.2) is 13.8 Å². The molecule has 0 bridgehead atoms. The normalized spacial score (nSPS) is 13.9. The van der Waals surface area contributed by atoms with E-state index in [-0.39, 0.29) is 17.3 Å². The topological polar surface area (TPSA) is 63.5 Å². The minimum absolute atomic E-state index is 0.279. The second kappa shape index (κ2) is 6.88. The number of rotatable bonds is 5. The largest absolute Gasteiger partial charge is 0.351 e. The SMILES string of the molecule is CCNC(=O)c1c(C)sc2nc(Cc3cc(F)ccc3C3CC3)cc(=O)n12. The van der Waals surface area contributed by atoms with E-state index in [4.69, 9.17) is 0 Å². The fraction of sp³-hybridized carbons (Fsp3) is 0.350. The molecule has 1 fully saturated rings. The lowest BCUT2D eigenvalue weighted by atomic mass is 9.99. The van der Waals surface area contributed by atoms with Crippen LogP contribution in [0.25, 0.3) is 4.96 Å². The van der Waals surface area contributed by atoms with E-state index >= 15 is 0 Å². The van der Waals surface area contributed by atoms with Crippen LogP contribution in [0.2, 0.25) is 0 Å². The van der Waals surface area contributed by atoms with Gasteiger partial charge in [0.15, 0.2) is 4.96 Å². The van der Waals surface area contributed by atoms with Crippen LogP contribution in [0.5, 0.6) is 0 Å². The molecule has 0 saturated heterocycles. The standard InChI is InChI=1S/C20H20FN3O2S/c1-3-22-19(26)18-11(2)27-20-23-15(10-17(25)24(18)20)9-13-8-14(21)6-7-16(13)12-4-5-12/h6-8,10,12H,3-5,9H2,1-2H3,(H,22,26). The predicted octanol–water partition coefficient (Wildman–Crippen LogP) is 3.42. The van der Waals surface area contributed by atoms with Crippen molar-refractivity contribution < 1.29 is 9.18 Å². The molecule has 4 rings (SSSR count). The van der Waals surface area contributed by atoms with Crippen LogP contribution < -0.4 is 10.9 Å². The molecule has 0 spiro atoms. The first kappa shape index (κ1) is 17.9. The van der Waals surface area contributed by atoms with Crippen LogP contribution in [0.3, 0.4) is 0 Å².